The molecule has 0 saturated carbocycles. The Morgan fingerprint density at radius 1 is 1.07 bits per heavy atom. The molecule has 0 aliphatic rings. The zero-order chi connectivity index (χ0) is 20.6. The van der Waals surface area contributed by atoms with Crippen LogP contribution in [0.5, 0.6) is 5.75 Å². The van der Waals surface area contributed by atoms with Crippen LogP contribution in [0.4, 0.5) is 11.4 Å². The lowest BCUT2D eigenvalue weighted by molar-refractivity contribution is -0.116. The molecule has 3 aromatic rings. The fourth-order valence-corrected chi connectivity index (χ4v) is 3.07. The normalized spacial score (nSPS) is 11.2. The summed E-state index contributed by atoms with van der Waals surface area (Å²) in [6.45, 7) is 1.78. The number of nitrogens with one attached hydrogen (secondary N) is 2. The predicted octanol–water partition coefficient (Wildman–Crippen LogP) is 4.60. The van der Waals surface area contributed by atoms with Crippen molar-refractivity contribution in [2.75, 3.05) is 17.7 Å². The molecule has 146 valence electrons. The van der Waals surface area contributed by atoms with E-state index in [2.05, 4.69) is 28.8 Å². The van der Waals surface area contributed by atoms with E-state index in [1.807, 2.05) is 36.4 Å². The summed E-state index contributed by atoms with van der Waals surface area (Å²) in [5, 5.41) is 15.2. The number of rotatable bonds is 7. The second-order valence-electron chi connectivity index (χ2n) is 6.70. The minimum absolute atomic E-state index is 0.215. The van der Waals surface area contributed by atoms with Crippen molar-refractivity contribution in [2.45, 2.75) is 19.4 Å². The topological polar surface area (TPSA) is 74.2 Å². The average molecular weight is 385 g/mol. The van der Waals surface area contributed by atoms with E-state index in [1.54, 1.807) is 38.3 Å². The predicted molar refractivity (Wildman–Crippen MR) is 115 cm³/mol. The van der Waals surface area contributed by atoms with Crippen molar-refractivity contribution < 1.29 is 9.53 Å². The summed E-state index contributed by atoms with van der Waals surface area (Å²) in [5.74, 6) is 0.590. The van der Waals surface area contributed by atoms with Crippen LogP contribution in [0.25, 0.3) is 0 Å². The standard InChI is InChI=1S/C24H23N3O2/c1-17(24(28)27-22-11-7-6-10-19(22)16-25)26-21-12-13-23(29-2)20(15-21)14-18-8-4-3-5-9-18/h3-13,15,17,26H,14H2,1-2H3,(H,27,28). The number of carbonyl (C=O) groups is 1. The number of hydrogen-bond donors (Lipinski definition) is 2. The van der Waals surface area contributed by atoms with Crippen molar-refractivity contribution >= 4 is 17.3 Å². The van der Waals surface area contributed by atoms with Gasteiger partial charge in [0.25, 0.3) is 0 Å². The van der Waals surface area contributed by atoms with Crippen LogP contribution in [0, 0.1) is 11.3 Å². The van der Waals surface area contributed by atoms with Crippen molar-refractivity contribution in [1.82, 2.24) is 0 Å². The van der Waals surface area contributed by atoms with Crippen LogP contribution in [-0.2, 0) is 11.2 Å². The molecule has 1 amide bonds. The molecule has 1 atom stereocenters. The lowest BCUT2D eigenvalue weighted by Gasteiger charge is -2.17. The van der Waals surface area contributed by atoms with Crippen LogP contribution in [0.15, 0.2) is 72.8 Å². The van der Waals surface area contributed by atoms with Gasteiger partial charge in [-0.3, -0.25) is 4.79 Å². The van der Waals surface area contributed by atoms with Gasteiger partial charge in [-0.15, -0.1) is 0 Å². The van der Waals surface area contributed by atoms with Crippen LogP contribution in [0.2, 0.25) is 0 Å². The monoisotopic (exact) mass is 385 g/mol. The summed E-state index contributed by atoms with van der Waals surface area (Å²) in [5.41, 5.74) is 3.98. The summed E-state index contributed by atoms with van der Waals surface area (Å²) in [6, 6.07) is 24.5. The van der Waals surface area contributed by atoms with Crippen LogP contribution in [0.3, 0.4) is 0 Å². The van der Waals surface area contributed by atoms with Crippen molar-refractivity contribution in [2.24, 2.45) is 0 Å². The number of nitrogens with zero attached hydrogens (tertiary/aromatic N) is 1. The van der Waals surface area contributed by atoms with Crippen LogP contribution < -0.4 is 15.4 Å². The number of carbonyl (C=O) groups excluding carboxylic acids is 1. The number of methoxy groups -OCH3 is 1. The van der Waals surface area contributed by atoms with Crippen molar-refractivity contribution in [3.8, 4) is 11.8 Å². The maximum absolute atomic E-state index is 12.6. The van der Waals surface area contributed by atoms with E-state index in [9.17, 15) is 10.1 Å². The summed E-state index contributed by atoms with van der Waals surface area (Å²) in [6.07, 6.45) is 0.732. The largest absolute Gasteiger partial charge is 0.496 e. The highest BCUT2D eigenvalue weighted by Crippen LogP contribution is 2.26. The molecule has 0 heterocycles. The van der Waals surface area contributed by atoms with Gasteiger partial charge in [0.15, 0.2) is 0 Å². The number of anilines is 2. The lowest BCUT2D eigenvalue weighted by Crippen LogP contribution is -2.32. The fourth-order valence-electron chi connectivity index (χ4n) is 3.07. The number of para-hydroxylation sites is 1. The third kappa shape index (κ3) is 5.14. The van der Waals surface area contributed by atoms with Crippen molar-refractivity contribution in [3.63, 3.8) is 0 Å². The third-order valence-electron chi connectivity index (χ3n) is 4.60. The summed E-state index contributed by atoms with van der Waals surface area (Å²) in [7, 11) is 1.65. The maximum Gasteiger partial charge on any atom is 0.246 e. The first-order valence-electron chi connectivity index (χ1n) is 9.38. The molecule has 0 saturated heterocycles. The minimum atomic E-state index is -0.486. The number of hydrogen-bond acceptors (Lipinski definition) is 4. The highest BCUT2D eigenvalue weighted by molar-refractivity contribution is 5.97. The summed E-state index contributed by atoms with van der Waals surface area (Å²) < 4.78 is 5.49. The second kappa shape index (κ2) is 9.43. The van der Waals surface area contributed by atoms with Crippen LogP contribution >= 0.6 is 0 Å². The maximum atomic E-state index is 12.6. The Bertz CT molecular complexity index is 1030. The molecular weight excluding hydrogens is 362 g/mol. The van der Waals surface area contributed by atoms with Crippen molar-refractivity contribution in [3.05, 3.63) is 89.5 Å². The number of amides is 1. The fraction of sp³-hybridized carbons (Fsp3) is 0.167. The Morgan fingerprint density at radius 2 is 1.79 bits per heavy atom. The van der Waals surface area contributed by atoms with Gasteiger partial charge in [-0.05, 0) is 42.8 Å². The molecule has 0 fully saturated rings. The van der Waals surface area contributed by atoms with E-state index in [0.717, 1.165) is 23.4 Å². The molecule has 2 N–H and O–H groups in total. The number of ether oxygens (including phenoxy) is 1. The number of nitriles is 1. The van der Waals surface area contributed by atoms with Gasteiger partial charge in [0.1, 0.15) is 17.9 Å². The Hall–Kier alpha value is -3.78. The van der Waals surface area contributed by atoms with Gasteiger partial charge < -0.3 is 15.4 Å². The van der Waals surface area contributed by atoms with Gasteiger partial charge >= 0.3 is 0 Å². The van der Waals surface area contributed by atoms with E-state index in [0.29, 0.717) is 11.3 Å². The Balaban J connectivity index is 1.72. The second-order valence-corrected chi connectivity index (χ2v) is 6.70. The van der Waals surface area contributed by atoms with Gasteiger partial charge in [-0.1, -0.05) is 42.5 Å². The zero-order valence-electron chi connectivity index (χ0n) is 16.5. The SMILES string of the molecule is COc1ccc(NC(C)C(=O)Nc2ccccc2C#N)cc1Cc1ccccc1. The third-order valence-corrected chi connectivity index (χ3v) is 4.60. The molecule has 0 bridgehead atoms. The first kappa shape index (κ1) is 20.0. The molecule has 5 heteroatoms. The highest BCUT2D eigenvalue weighted by atomic mass is 16.5. The van der Waals surface area contributed by atoms with E-state index < -0.39 is 6.04 Å². The molecule has 5 nitrogen and oxygen atoms in total. The van der Waals surface area contributed by atoms with Gasteiger partial charge in [0.05, 0.1) is 18.4 Å². The smallest absolute Gasteiger partial charge is 0.246 e. The van der Waals surface area contributed by atoms with Gasteiger partial charge in [-0.25, -0.2) is 0 Å². The van der Waals surface area contributed by atoms with E-state index >= 15 is 0 Å². The molecule has 0 spiro atoms. The molecule has 3 rings (SSSR count). The van der Waals surface area contributed by atoms with Gasteiger partial charge in [0, 0.05) is 17.7 Å². The Kier molecular flexibility index (Phi) is 6.49. The molecule has 29 heavy (non-hydrogen) atoms. The lowest BCUT2D eigenvalue weighted by atomic mass is 10.0. The van der Waals surface area contributed by atoms with Gasteiger partial charge in [0.2, 0.25) is 5.91 Å². The summed E-state index contributed by atoms with van der Waals surface area (Å²) >= 11 is 0. The van der Waals surface area contributed by atoms with E-state index in [1.165, 1.54) is 5.56 Å². The zero-order valence-corrected chi connectivity index (χ0v) is 16.5. The number of benzene rings is 3. The molecule has 0 aliphatic heterocycles. The first-order valence-corrected chi connectivity index (χ1v) is 9.38. The Morgan fingerprint density at radius 3 is 2.52 bits per heavy atom. The first-order chi connectivity index (χ1) is 14.1. The molecule has 1 unspecified atom stereocenters. The Labute approximate surface area is 171 Å². The van der Waals surface area contributed by atoms with Crippen molar-refractivity contribution in [1.29, 1.82) is 5.26 Å². The molecular formula is C24H23N3O2. The quantitative estimate of drug-likeness (QED) is 0.623. The summed E-state index contributed by atoms with van der Waals surface area (Å²) in [4.78, 5) is 12.6. The molecule has 3 aromatic carbocycles. The molecule has 0 radical (unpaired) electrons. The van der Waals surface area contributed by atoms with E-state index in [-0.39, 0.29) is 5.91 Å². The van der Waals surface area contributed by atoms with Crippen LogP contribution in [-0.4, -0.2) is 19.1 Å². The van der Waals surface area contributed by atoms with Gasteiger partial charge in [-0.2, -0.15) is 5.26 Å². The van der Waals surface area contributed by atoms with Crippen LogP contribution in [0.1, 0.15) is 23.6 Å². The average Bonchev–Trinajstić information content (AvgIpc) is 2.75. The minimum Gasteiger partial charge on any atom is -0.496 e. The molecule has 0 aliphatic carbocycles. The molecule has 0 aromatic heterocycles. The highest BCUT2D eigenvalue weighted by Gasteiger charge is 2.15. The van der Waals surface area contributed by atoms with E-state index in [4.69, 9.17) is 4.74 Å².